The summed E-state index contributed by atoms with van der Waals surface area (Å²) in [6.07, 6.45) is 0. The Morgan fingerprint density at radius 2 is 1.28 bits per heavy atom. The number of furan rings is 1. The van der Waals surface area contributed by atoms with E-state index in [1.807, 2.05) is 18.2 Å². The van der Waals surface area contributed by atoms with Crippen LogP contribution in [-0.4, -0.2) is 14.5 Å². The van der Waals surface area contributed by atoms with Gasteiger partial charge in [-0.3, -0.25) is 4.57 Å². The van der Waals surface area contributed by atoms with Gasteiger partial charge in [-0.15, -0.1) is 11.3 Å². The third-order valence-corrected chi connectivity index (χ3v) is 9.83. The molecule has 4 heterocycles. The summed E-state index contributed by atoms with van der Waals surface area (Å²) < 4.78 is 11.2. The summed E-state index contributed by atoms with van der Waals surface area (Å²) in [4.78, 5) is 10.6. The second-order valence-corrected chi connectivity index (χ2v) is 12.0. The molecule has 6 aromatic carbocycles. The van der Waals surface area contributed by atoms with Gasteiger partial charge in [-0.2, -0.15) is 0 Å². The van der Waals surface area contributed by atoms with Crippen LogP contribution in [0.1, 0.15) is 0 Å². The van der Waals surface area contributed by atoms with E-state index < -0.39 is 0 Å². The number of thiophene rings is 1. The molecule has 0 amide bonds. The van der Waals surface area contributed by atoms with Crippen LogP contribution in [0.25, 0.3) is 92.0 Å². The molecular formula is C38H21N3OS. The zero-order valence-electron chi connectivity index (χ0n) is 22.8. The average molecular weight is 568 g/mol. The minimum atomic E-state index is 0.633. The Labute approximate surface area is 249 Å². The predicted molar refractivity (Wildman–Crippen MR) is 179 cm³/mol. The molecular weight excluding hydrogens is 547 g/mol. The van der Waals surface area contributed by atoms with Crippen LogP contribution in [-0.2, 0) is 0 Å². The van der Waals surface area contributed by atoms with Gasteiger partial charge in [0.1, 0.15) is 16.8 Å². The smallest absolute Gasteiger partial charge is 0.236 e. The Kier molecular flexibility index (Phi) is 4.57. The molecule has 0 aliphatic rings. The van der Waals surface area contributed by atoms with Crippen molar-refractivity contribution in [2.75, 3.05) is 0 Å². The standard InChI is InChI=1S/C38H21N3OS/c1-2-11-23-21-31-29(20-22(23)10-1)24-12-3-6-17-30(24)41(31)38-39-34-27-14-4-7-18-32(27)42-36(34)35(40-38)28-16-9-15-26-25-13-5-8-19-33(25)43-37(26)28/h1-21H. The Balaban J connectivity index is 1.37. The normalized spacial score (nSPS) is 12.2. The van der Waals surface area contributed by atoms with Gasteiger partial charge < -0.3 is 4.42 Å². The van der Waals surface area contributed by atoms with Crippen LogP contribution >= 0.6 is 11.3 Å². The lowest BCUT2D eigenvalue weighted by Crippen LogP contribution is -2.03. The molecule has 10 aromatic rings. The highest BCUT2D eigenvalue weighted by atomic mass is 32.1. The van der Waals surface area contributed by atoms with Crippen LogP contribution in [0.4, 0.5) is 0 Å². The average Bonchev–Trinajstić information content (AvgIpc) is 3.73. The van der Waals surface area contributed by atoms with Gasteiger partial charge in [-0.1, -0.05) is 91.0 Å². The van der Waals surface area contributed by atoms with E-state index in [4.69, 9.17) is 14.4 Å². The molecule has 0 saturated carbocycles. The van der Waals surface area contributed by atoms with E-state index in [1.165, 1.54) is 41.7 Å². The SMILES string of the molecule is c1ccc2cc3c(cc2c1)c1ccccc1n3-c1nc(-c2cccc3c2sc2ccccc23)c2oc3ccccc3c2n1. The minimum Gasteiger partial charge on any atom is -0.452 e. The van der Waals surface area contributed by atoms with Crippen molar-refractivity contribution in [2.45, 2.75) is 0 Å². The number of nitrogens with zero attached hydrogens (tertiary/aromatic N) is 3. The third-order valence-electron chi connectivity index (χ3n) is 8.61. The van der Waals surface area contributed by atoms with E-state index in [1.54, 1.807) is 11.3 Å². The third kappa shape index (κ3) is 3.20. The quantitative estimate of drug-likeness (QED) is 0.209. The first-order valence-corrected chi connectivity index (χ1v) is 15.2. The molecule has 0 unspecified atom stereocenters. The number of benzene rings is 6. The van der Waals surface area contributed by atoms with Crippen molar-refractivity contribution in [3.63, 3.8) is 0 Å². The summed E-state index contributed by atoms with van der Waals surface area (Å²) in [5.74, 6) is 0.633. The molecule has 200 valence electrons. The Morgan fingerprint density at radius 1 is 0.558 bits per heavy atom. The number of fused-ring (bicyclic) bond motifs is 10. The first-order chi connectivity index (χ1) is 21.3. The van der Waals surface area contributed by atoms with Gasteiger partial charge in [-0.05, 0) is 47.2 Å². The van der Waals surface area contributed by atoms with Crippen molar-refractivity contribution in [2.24, 2.45) is 0 Å². The van der Waals surface area contributed by atoms with E-state index in [0.717, 1.165) is 38.8 Å². The number of hydrogen-bond donors (Lipinski definition) is 0. The highest BCUT2D eigenvalue weighted by Crippen LogP contribution is 2.43. The molecule has 0 fully saturated rings. The maximum absolute atomic E-state index is 6.54. The van der Waals surface area contributed by atoms with E-state index >= 15 is 0 Å². The van der Waals surface area contributed by atoms with Crippen LogP contribution in [0.2, 0.25) is 0 Å². The van der Waals surface area contributed by atoms with Crippen LogP contribution in [0.5, 0.6) is 0 Å². The fraction of sp³-hybridized carbons (Fsp3) is 0. The summed E-state index contributed by atoms with van der Waals surface area (Å²) in [6.45, 7) is 0. The molecule has 0 saturated heterocycles. The summed E-state index contributed by atoms with van der Waals surface area (Å²) >= 11 is 1.80. The summed E-state index contributed by atoms with van der Waals surface area (Å²) in [6, 6.07) is 44.8. The fourth-order valence-corrected chi connectivity index (χ4v) is 7.88. The van der Waals surface area contributed by atoms with E-state index in [9.17, 15) is 0 Å². The maximum atomic E-state index is 6.54. The number of hydrogen-bond acceptors (Lipinski definition) is 4. The molecule has 0 aliphatic carbocycles. The molecule has 10 rings (SSSR count). The Bertz CT molecular complexity index is 2750. The van der Waals surface area contributed by atoms with Crippen molar-refractivity contribution in [3.8, 4) is 17.2 Å². The van der Waals surface area contributed by atoms with Crippen molar-refractivity contribution in [1.29, 1.82) is 0 Å². The Morgan fingerprint density at radius 3 is 2.19 bits per heavy atom. The van der Waals surface area contributed by atoms with E-state index in [-0.39, 0.29) is 0 Å². The molecule has 43 heavy (non-hydrogen) atoms. The van der Waals surface area contributed by atoms with Gasteiger partial charge >= 0.3 is 0 Å². The summed E-state index contributed by atoms with van der Waals surface area (Å²) in [5, 5.41) is 8.23. The zero-order valence-corrected chi connectivity index (χ0v) is 23.6. The second kappa shape index (κ2) is 8.51. The second-order valence-electron chi connectivity index (χ2n) is 11.0. The van der Waals surface area contributed by atoms with Crippen LogP contribution in [0.3, 0.4) is 0 Å². The Hall–Kier alpha value is -5.52. The van der Waals surface area contributed by atoms with Gasteiger partial charge in [0, 0.05) is 41.9 Å². The molecule has 0 N–H and O–H groups in total. The van der Waals surface area contributed by atoms with Crippen LogP contribution in [0.15, 0.2) is 132 Å². The lowest BCUT2D eigenvalue weighted by Gasteiger charge is -2.10. The topological polar surface area (TPSA) is 43.9 Å². The number of rotatable bonds is 2. The van der Waals surface area contributed by atoms with Crippen LogP contribution in [0, 0.1) is 0 Å². The fourth-order valence-electron chi connectivity index (χ4n) is 6.67. The molecule has 0 spiro atoms. The highest BCUT2D eigenvalue weighted by Gasteiger charge is 2.23. The largest absolute Gasteiger partial charge is 0.452 e. The predicted octanol–water partition coefficient (Wildman–Crippen LogP) is 10.7. The molecule has 0 aliphatic heterocycles. The van der Waals surface area contributed by atoms with Gasteiger partial charge in [0.2, 0.25) is 5.95 Å². The van der Waals surface area contributed by atoms with Gasteiger partial charge in [0.25, 0.3) is 0 Å². The number of aromatic nitrogens is 3. The molecule has 5 heteroatoms. The first kappa shape index (κ1) is 23.1. The van der Waals surface area contributed by atoms with Crippen molar-refractivity contribution < 1.29 is 4.42 Å². The molecule has 4 nitrogen and oxygen atoms in total. The van der Waals surface area contributed by atoms with Crippen LogP contribution < -0.4 is 0 Å². The van der Waals surface area contributed by atoms with E-state index in [2.05, 4.69) is 114 Å². The molecule has 4 aromatic heterocycles. The monoisotopic (exact) mass is 567 g/mol. The summed E-state index contributed by atoms with van der Waals surface area (Å²) in [7, 11) is 0. The first-order valence-electron chi connectivity index (χ1n) is 14.3. The van der Waals surface area contributed by atoms with Gasteiger partial charge in [0.05, 0.1) is 11.0 Å². The highest BCUT2D eigenvalue weighted by molar-refractivity contribution is 7.26. The van der Waals surface area contributed by atoms with Gasteiger partial charge in [-0.25, -0.2) is 9.97 Å². The lowest BCUT2D eigenvalue weighted by atomic mass is 10.1. The van der Waals surface area contributed by atoms with E-state index in [0.29, 0.717) is 11.5 Å². The van der Waals surface area contributed by atoms with Crippen molar-refractivity contribution >= 4 is 86.2 Å². The van der Waals surface area contributed by atoms with Gasteiger partial charge in [0.15, 0.2) is 5.58 Å². The molecule has 0 atom stereocenters. The summed E-state index contributed by atoms with van der Waals surface area (Å²) in [5.41, 5.74) is 6.35. The zero-order chi connectivity index (χ0) is 28.1. The minimum absolute atomic E-state index is 0.633. The number of para-hydroxylation sites is 2. The molecule has 0 bridgehead atoms. The lowest BCUT2D eigenvalue weighted by molar-refractivity contribution is 0.666. The maximum Gasteiger partial charge on any atom is 0.236 e. The molecule has 0 radical (unpaired) electrons. The van der Waals surface area contributed by atoms with Crippen molar-refractivity contribution in [3.05, 3.63) is 127 Å². The van der Waals surface area contributed by atoms with Crippen molar-refractivity contribution in [1.82, 2.24) is 14.5 Å².